The highest BCUT2D eigenvalue weighted by Gasteiger charge is 2.20. The van der Waals surface area contributed by atoms with Gasteiger partial charge in [-0.1, -0.05) is 6.92 Å². The molecule has 1 N–H and O–H groups in total. The van der Waals surface area contributed by atoms with Crippen molar-refractivity contribution in [1.29, 1.82) is 0 Å². The molecule has 1 unspecified atom stereocenters. The zero-order valence-corrected chi connectivity index (χ0v) is 14.0. The number of pyridine rings is 1. The third kappa shape index (κ3) is 4.42. The lowest BCUT2D eigenvalue weighted by Crippen LogP contribution is -2.49. The van der Waals surface area contributed by atoms with Crippen molar-refractivity contribution in [2.24, 2.45) is 0 Å². The highest BCUT2D eigenvalue weighted by atomic mass is 15.3. The molecule has 1 fully saturated rings. The maximum atomic E-state index is 4.58. The smallest absolute Gasteiger partial charge is 0.128 e. The number of rotatable bonds is 6. The Labute approximate surface area is 129 Å². The van der Waals surface area contributed by atoms with Gasteiger partial charge in [0.05, 0.1) is 0 Å². The molecule has 0 bridgehead atoms. The zero-order chi connectivity index (χ0) is 15.2. The Bertz CT molecular complexity index is 425. The monoisotopic (exact) mass is 290 g/mol. The minimum Gasteiger partial charge on any atom is -0.354 e. The third-order valence-electron chi connectivity index (χ3n) is 4.34. The molecule has 0 aliphatic carbocycles. The fourth-order valence-corrected chi connectivity index (χ4v) is 2.82. The van der Waals surface area contributed by atoms with Crippen LogP contribution in [0.1, 0.15) is 45.7 Å². The molecule has 0 aromatic carbocycles. The summed E-state index contributed by atoms with van der Waals surface area (Å²) in [7, 11) is 0. The van der Waals surface area contributed by atoms with Crippen molar-refractivity contribution < 1.29 is 0 Å². The van der Waals surface area contributed by atoms with Crippen LogP contribution in [0.5, 0.6) is 0 Å². The Balaban J connectivity index is 1.98. The Kier molecular flexibility index (Phi) is 6.00. The molecule has 1 aromatic heterocycles. The van der Waals surface area contributed by atoms with Crippen LogP contribution in [0.3, 0.4) is 0 Å². The molecule has 4 nitrogen and oxygen atoms in total. The van der Waals surface area contributed by atoms with Gasteiger partial charge in [0.15, 0.2) is 0 Å². The van der Waals surface area contributed by atoms with E-state index < -0.39 is 0 Å². The van der Waals surface area contributed by atoms with Crippen molar-refractivity contribution in [1.82, 2.24) is 15.2 Å². The van der Waals surface area contributed by atoms with Crippen molar-refractivity contribution in [3.63, 3.8) is 0 Å². The van der Waals surface area contributed by atoms with Gasteiger partial charge in [-0.3, -0.25) is 4.90 Å². The average Bonchev–Trinajstić information content (AvgIpc) is 2.52. The van der Waals surface area contributed by atoms with Gasteiger partial charge >= 0.3 is 0 Å². The third-order valence-corrected chi connectivity index (χ3v) is 4.34. The van der Waals surface area contributed by atoms with Crippen molar-refractivity contribution in [3.05, 3.63) is 23.9 Å². The van der Waals surface area contributed by atoms with E-state index in [1.165, 1.54) is 12.0 Å². The van der Waals surface area contributed by atoms with Crippen LogP contribution in [-0.2, 0) is 0 Å². The van der Waals surface area contributed by atoms with E-state index >= 15 is 0 Å². The van der Waals surface area contributed by atoms with Gasteiger partial charge in [0.25, 0.3) is 0 Å². The topological polar surface area (TPSA) is 31.4 Å². The molecule has 2 heterocycles. The van der Waals surface area contributed by atoms with E-state index in [4.69, 9.17) is 0 Å². The lowest BCUT2D eigenvalue weighted by Gasteiger charge is -2.37. The molecule has 2 rings (SSSR count). The molecule has 0 amide bonds. The second-order valence-electron chi connectivity index (χ2n) is 6.24. The maximum absolute atomic E-state index is 4.58. The van der Waals surface area contributed by atoms with Gasteiger partial charge < -0.3 is 10.2 Å². The van der Waals surface area contributed by atoms with E-state index in [-0.39, 0.29) is 0 Å². The summed E-state index contributed by atoms with van der Waals surface area (Å²) in [5.74, 6) is 1.13. The first-order valence-electron chi connectivity index (χ1n) is 8.30. The predicted octanol–water partition coefficient (Wildman–Crippen LogP) is 2.67. The standard InChI is InChI=1S/C17H30N4/c1-5-7-18-15(4)16-6-8-19-17(13-16)21-11-9-20(10-12-21)14(2)3/h6,8,13-15,18H,5,7,9-12H2,1-4H3. The van der Waals surface area contributed by atoms with E-state index in [1.54, 1.807) is 0 Å². The summed E-state index contributed by atoms with van der Waals surface area (Å²) in [6, 6.07) is 5.41. The van der Waals surface area contributed by atoms with E-state index in [9.17, 15) is 0 Å². The number of nitrogens with one attached hydrogen (secondary N) is 1. The van der Waals surface area contributed by atoms with Crippen molar-refractivity contribution in [2.75, 3.05) is 37.6 Å². The Morgan fingerprint density at radius 3 is 2.52 bits per heavy atom. The summed E-state index contributed by atoms with van der Waals surface area (Å²) in [6.07, 6.45) is 3.11. The molecule has 0 spiro atoms. The second-order valence-corrected chi connectivity index (χ2v) is 6.24. The van der Waals surface area contributed by atoms with Crippen LogP contribution >= 0.6 is 0 Å². The van der Waals surface area contributed by atoms with Gasteiger partial charge in [-0.2, -0.15) is 0 Å². The summed E-state index contributed by atoms with van der Waals surface area (Å²) in [5.41, 5.74) is 1.33. The van der Waals surface area contributed by atoms with Crippen LogP contribution in [-0.4, -0.2) is 48.6 Å². The van der Waals surface area contributed by atoms with Gasteiger partial charge in [-0.25, -0.2) is 4.98 Å². The Morgan fingerprint density at radius 1 is 1.19 bits per heavy atom. The Morgan fingerprint density at radius 2 is 1.90 bits per heavy atom. The second kappa shape index (κ2) is 7.76. The van der Waals surface area contributed by atoms with E-state index in [1.807, 2.05) is 6.20 Å². The van der Waals surface area contributed by atoms with Crippen LogP contribution in [0.2, 0.25) is 0 Å². The normalized spacial score (nSPS) is 18.2. The average molecular weight is 290 g/mol. The molecule has 1 aromatic rings. The van der Waals surface area contributed by atoms with Crippen LogP contribution in [0, 0.1) is 0 Å². The lowest BCUT2D eigenvalue weighted by atomic mass is 10.1. The van der Waals surface area contributed by atoms with Crippen molar-refractivity contribution >= 4 is 5.82 Å². The highest BCUT2D eigenvalue weighted by Crippen LogP contribution is 2.20. The molecule has 0 radical (unpaired) electrons. The molecule has 4 heteroatoms. The Hall–Kier alpha value is -1.13. The van der Waals surface area contributed by atoms with Gasteiger partial charge in [-0.05, 0) is 51.4 Å². The lowest BCUT2D eigenvalue weighted by molar-refractivity contribution is 0.209. The van der Waals surface area contributed by atoms with Gasteiger partial charge in [0.1, 0.15) is 5.82 Å². The first-order valence-corrected chi connectivity index (χ1v) is 8.30. The largest absolute Gasteiger partial charge is 0.354 e. The van der Waals surface area contributed by atoms with E-state index in [0.29, 0.717) is 12.1 Å². The zero-order valence-electron chi connectivity index (χ0n) is 14.0. The summed E-state index contributed by atoms with van der Waals surface area (Å²) in [5, 5.41) is 3.55. The number of hydrogen-bond acceptors (Lipinski definition) is 4. The number of aromatic nitrogens is 1. The summed E-state index contributed by atoms with van der Waals surface area (Å²) in [6.45, 7) is 14.5. The first kappa shape index (κ1) is 16.2. The fourth-order valence-electron chi connectivity index (χ4n) is 2.82. The van der Waals surface area contributed by atoms with Crippen molar-refractivity contribution in [2.45, 2.75) is 46.2 Å². The fraction of sp³-hybridized carbons (Fsp3) is 0.706. The van der Waals surface area contributed by atoms with Crippen LogP contribution in [0.25, 0.3) is 0 Å². The SMILES string of the molecule is CCCNC(C)c1ccnc(N2CCN(C(C)C)CC2)c1. The van der Waals surface area contributed by atoms with Crippen LogP contribution in [0.4, 0.5) is 5.82 Å². The van der Waals surface area contributed by atoms with Gasteiger partial charge in [0, 0.05) is 44.5 Å². The maximum Gasteiger partial charge on any atom is 0.128 e. The van der Waals surface area contributed by atoms with Crippen molar-refractivity contribution in [3.8, 4) is 0 Å². The van der Waals surface area contributed by atoms with Gasteiger partial charge in [-0.15, -0.1) is 0 Å². The number of hydrogen-bond donors (Lipinski definition) is 1. The first-order chi connectivity index (χ1) is 10.1. The van der Waals surface area contributed by atoms with Crippen LogP contribution in [0.15, 0.2) is 18.3 Å². The quantitative estimate of drug-likeness (QED) is 0.873. The molecule has 1 atom stereocenters. The van der Waals surface area contributed by atoms with Gasteiger partial charge in [0.2, 0.25) is 0 Å². The number of piperazine rings is 1. The van der Waals surface area contributed by atoms with E-state index in [2.05, 4.69) is 59.9 Å². The van der Waals surface area contributed by atoms with E-state index in [0.717, 1.165) is 38.5 Å². The molecular formula is C17H30N4. The molecule has 118 valence electrons. The minimum atomic E-state index is 0.392. The minimum absolute atomic E-state index is 0.392. The summed E-state index contributed by atoms with van der Waals surface area (Å²) >= 11 is 0. The molecule has 1 aliphatic rings. The molecule has 1 saturated heterocycles. The number of nitrogens with zero attached hydrogens (tertiary/aromatic N) is 3. The molecule has 21 heavy (non-hydrogen) atoms. The number of anilines is 1. The predicted molar refractivity (Wildman–Crippen MR) is 89.9 cm³/mol. The highest BCUT2D eigenvalue weighted by molar-refractivity contribution is 5.42. The van der Waals surface area contributed by atoms with Crippen LogP contribution < -0.4 is 10.2 Å². The molecule has 1 aliphatic heterocycles. The summed E-state index contributed by atoms with van der Waals surface area (Å²) in [4.78, 5) is 9.52. The molecule has 0 saturated carbocycles. The summed E-state index contributed by atoms with van der Waals surface area (Å²) < 4.78 is 0. The molecular weight excluding hydrogens is 260 g/mol.